The van der Waals surface area contributed by atoms with Gasteiger partial charge in [-0.25, -0.2) is 4.79 Å². The van der Waals surface area contributed by atoms with Crippen molar-refractivity contribution in [2.45, 2.75) is 13.8 Å². The first kappa shape index (κ1) is 18.2. The number of aliphatic carboxylic acids is 1. The van der Waals surface area contributed by atoms with Crippen LogP contribution in [0, 0.1) is 0 Å². The molecule has 116 valence electrons. The molecule has 0 aromatic carbocycles. The van der Waals surface area contributed by atoms with E-state index in [1.807, 2.05) is 13.8 Å². The van der Waals surface area contributed by atoms with Crippen molar-refractivity contribution in [2.24, 2.45) is 0 Å². The van der Waals surface area contributed by atoms with E-state index < -0.39 is 18.5 Å². The lowest BCUT2D eigenvalue weighted by Gasteiger charge is -2.22. The molecule has 20 heavy (non-hydrogen) atoms. The van der Waals surface area contributed by atoms with Crippen LogP contribution >= 0.6 is 0 Å². The molecule has 3 amide bonds. The van der Waals surface area contributed by atoms with E-state index in [4.69, 9.17) is 9.84 Å². The second-order valence-corrected chi connectivity index (χ2v) is 4.03. The van der Waals surface area contributed by atoms with Crippen LogP contribution < -0.4 is 5.32 Å². The highest BCUT2D eigenvalue weighted by Crippen LogP contribution is 1.92. The summed E-state index contributed by atoms with van der Waals surface area (Å²) in [6.45, 7) is 4.61. The molecule has 0 aliphatic rings. The van der Waals surface area contributed by atoms with Gasteiger partial charge in [-0.3, -0.25) is 9.59 Å². The summed E-state index contributed by atoms with van der Waals surface area (Å²) in [6.07, 6.45) is 0. The minimum absolute atomic E-state index is 0.147. The summed E-state index contributed by atoms with van der Waals surface area (Å²) in [4.78, 5) is 36.9. The fourth-order valence-electron chi connectivity index (χ4n) is 1.57. The predicted molar refractivity (Wildman–Crippen MR) is 72.4 cm³/mol. The van der Waals surface area contributed by atoms with Gasteiger partial charge in [-0.15, -0.1) is 0 Å². The van der Waals surface area contributed by atoms with Crippen LogP contribution in [0.15, 0.2) is 0 Å². The first-order valence-electron chi connectivity index (χ1n) is 6.47. The molecule has 0 spiro atoms. The van der Waals surface area contributed by atoms with Crippen LogP contribution in [-0.2, 0) is 14.3 Å². The largest absolute Gasteiger partial charge is 0.480 e. The number of carboxylic acids is 1. The molecule has 8 heteroatoms. The van der Waals surface area contributed by atoms with Gasteiger partial charge in [-0.2, -0.15) is 0 Å². The van der Waals surface area contributed by atoms with Crippen molar-refractivity contribution < 1.29 is 24.2 Å². The number of carbonyl (C=O) groups excluding carboxylic acids is 2. The Balaban J connectivity index is 4.37. The first-order chi connectivity index (χ1) is 9.46. The summed E-state index contributed by atoms with van der Waals surface area (Å²) < 4.78 is 4.81. The Morgan fingerprint density at radius 3 is 2.20 bits per heavy atom. The maximum atomic E-state index is 11.8. The monoisotopic (exact) mass is 289 g/mol. The average molecular weight is 289 g/mol. The Morgan fingerprint density at radius 1 is 1.15 bits per heavy atom. The van der Waals surface area contributed by atoms with Gasteiger partial charge in [0.15, 0.2) is 0 Å². The van der Waals surface area contributed by atoms with Gasteiger partial charge in [0.05, 0.1) is 13.2 Å². The molecule has 0 saturated heterocycles. The van der Waals surface area contributed by atoms with Crippen molar-refractivity contribution in [1.82, 2.24) is 15.1 Å². The number of likely N-dealkylation sites (N-methyl/N-ethyl adjacent to an activating group) is 1. The summed E-state index contributed by atoms with van der Waals surface area (Å²) in [7, 11) is 1.46. The van der Waals surface area contributed by atoms with Crippen molar-refractivity contribution >= 4 is 17.9 Å². The molecule has 0 bridgehead atoms. The molecule has 0 aliphatic heterocycles. The lowest BCUT2D eigenvalue weighted by molar-refractivity contribution is -0.137. The van der Waals surface area contributed by atoms with E-state index in [1.54, 1.807) is 4.90 Å². The minimum Gasteiger partial charge on any atom is -0.480 e. The first-order valence-corrected chi connectivity index (χ1v) is 6.47. The zero-order valence-corrected chi connectivity index (χ0v) is 12.2. The zero-order valence-electron chi connectivity index (χ0n) is 12.2. The van der Waals surface area contributed by atoms with Gasteiger partial charge in [0.2, 0.25) is 5.91 Å². The van der Waals surface area contributed by atoms with Crippen molar-refractivity contribution in [1.29, 1.82) is 0 Å². The van der Waals surface area contributed by atoms with E-state index in [0.717, 1.165) is 4.90 Å². The summed E-state index contributed by atoms with van der Waals surface area (Å²) in [5.74, 6) is -1.32. The number of amides is 3. The highest BCUT2D eigenvalue weighted by Gasteiger charge is 2.18. The number of ether oxygens (including phenoxy) is 1. The third kappa shape index (κ3) is 6.93. The van der Waals surface area contributed by atoms with E-state index in [-0.39, 0.29) is 25.6 Å². The van der Waals surface area contributed by atoms with Crippen molar-refractivity contribution in [3.63, 3.8) is 0 Å². The SMILES string of the molecule is CCN(CC)C(=O)CNC(=O)N(CCOC)CC(=O)O. The van der Waals surface area contributed by atoms with E-state index in [0.29, 0.717) is 13.1 Å². The summed E-state index contributed by atoms with van der Waals surface area (Å²) in [6, 6.07) is -0.593. The number of urea groups is 1. The van der Waals surface area contributed by atoms with Gasteiger partial charge in [0.1, 0.15) is 6.54 Å². The normalized spacial score (nSPS) is 9.95. The smallest absolute Gasteiger partial charge is 0.323 e. The van der Waals surface area contributed by atoms with Crippen molar-refractivity contribution in [3.8, 4) is 0 Å². The lowest BCUT2D eigenvalue weighted by Crippen LogP contribution is -2.47. The number of carboxylic acid groups (broad SMARTS) is 1. The Kier molecular flexibility index (Phi) is 9.10. The number of hydrogen-bond donors (Lipinski definition) is 2. The second kappa shape index (κ2) is 10.0. The van der Waals surface area contributed by atoms with Crippen LogP contribution in [0.5, 0.6) is 0 Å². The predicted octanol–water partition coefficient (Wildman–Crippen LogP) is -0.403. The van der Waals surface area contributed by atoms with Crippen molar-refractivity contribution in [2.75, 3.05) is 46.4 Å². The van der Waals surface area contributed by atoms with Gasteiger partial charge in [0, 0.05) is 26.7 Å². The molecule has 0 fully saturated rings. The van der Waals surface area contributed by atoms with Gasteiger partial charge < -0.3 is 25.0 Å². The summed E-state index contributed by atoms with van der Waals surface area (Å²) in [5.41, 5.74) is 0. The third-order valence-electron chi connectivity index (χ3n) is 2.69. The maximum Gasteiger partial charge on any atom is 0.323 e. The fraction of sp³-hybridized carbons (Fsp3) is 0.750. The highest BCUT2D eigenvalue weighted by molar-refractivity contribution is 5.85. The number of nitrogens with zero attached hydrogens (tertiary/aromatic N) is 2. The third-order valence-corrected chi connectivity index (χ3v) is 2.69. The van der Waals surface area contributed by atoms with Gasteiger partial charge in [-0.05, 0) is 13.8 Å². The molecule has 0 atom stereocenters. The van der Waals surface area contributed by atoms with E-state index in [2.05, 4.69) is 5.32 Å². The maximum absolute atomic E-state index is 11.8. The zero-order chi connectivity index (χ0) is 15.5. The lowest BCUT2D eigenvalue weighted by atomic mass is 10.4. The van der Waals surface area contributed by atoms with Crippen LogP contribution in [-0.4, -0.2) is 79.3 Å². The molecular weight excluding hydrogens is 266 g/mol. The Labute approximate surface area is 118 Å². The quantitative estimate of drug-likeness (QED) is 0.601. The topological polar surface area (TPSA) is 99.2 Å². The molecule has 2 N–H and O–H groups in total. The molecule has 0 heterocycles. The molecule has 0 aromatic heterocycles. The highest BCUT2D eigenvalue weighted by atomic mass is 16.5. The summed E-state index contributed by atoms with van der Waals surface area (Å²) >= 11 is 0. The molecule has 0 radical (unpaired) electrons. The molecule has 0 rings (SSSR count). The molecule has 0 aliphatic carbocycles. The van der Waals surface area contributed by atoms with Crippen LogP contribution in [0.4, 0.5) is 4.79 Å². The number of methoxy groups -OCH3 is 1. The van der Waals surface area contributed by atoms with Crippen LogP contribution in [0.1, 0.15) is 13.8 Å². The Morgan fingerprint density at radius 2 is 1.75 bits per heavy atom. The van der Waals surface area contributed by atoms with Gasteiger partial charge in [0.25, 0.3) is 0 Å². The minimum atomic E-state index is -1.12. The van der Waals surface area contributed by atoms with Crippen LogP contribution in [0.3, 0.4) is 0 Å². The Bertz CT molecular complexity index is 331. The number of nitrogens with one attached hydrogen (secondary N) is 1. The van der Waals surface area contributed by atoms with Crippen molar-refractivity contribution in [3.05, 3.63) is 0 Å². The average Bonchev–Trinajstić information content (AvgIpc) is 2.41. The van der Waals surface area contributed by atoms with Gasteiger partial charge in [-0.1, -0.05) is 0 Å². The fourth-order valence-corrected chi connectivity index (χ4v) is 1.57. The number of hydrogen-bond acceptors (Lipinski definition) is 4. The van der Waals surface area contributed by atoms with Gasteiger partial charge >= 0.3 is 12.0 Å². The molecular formula is C12H23N3O5. The molecule has 8 nitrogen and oxygen atoms in total. The molecule has 0 unspecified atom stereocenters. The number of carbonyl (C=O) groups is 3. The van der Waals surface area contributed by atoms with E-state index >= 15 is 0 Å². The Hall–Kier alpha value is -1.83. The van der Waals surface area contributed by atoms with E-state index in [9.17, 15) is 14.4 Å². The van der Waals surface area contributed by atoms with Crippen LogP contribution in [0.2, 0.25) is 0 Å². The van der Waals surface area contributed by atoms with Crippen LogP contribution in [0.25, 0.3) is 0 Å². The molecule has 0 aromatic rings. The number of rotatable bonds is 9. The second-order valence-electron chi connectivity index (χ2n) is 4.03. The van der Waals surface area contributed by atoms with E-state index in [1.165, 1.54) is 7.11 Å². The standard InChI is InChI=1S/C12H23N3O5/c1-4-14(5-2)10(16)8-13-12(19)15(6-7-20-3)9-11(17)18/h4-9H2,1-3H3,(H,13,19)(H,17,18). The summed E-state index contributed by atoms with van der Waals surface area (Å²) in [5, 5.41) is 11.2. The molecule has 0 saturated carbocycles.